The first kappa shape index (κ1) is 15.3. The van der Waals surface area contributed by atoms with Crippen molar-refractivity contribution in [2.45, 2.75) is 31.4 Å². The average molecular weight is 293 g/mol. The Bertz CT molecular complexity index is 492. The summed E-state index contributed by atoms with van der Waals surface area (Å²) in [7, 11) is 1.55. The van der Waals surface area contributed by atoms with Gasteiger partial charge < -0.3 is 19.9 Å². The van der Waals surface area contributed by atoms with Crippen LogP contribution in [-0.2, 0) is 20.7 Å². The highest BCUT2D eigenvalue weighted by Crippen LogP contribution is 2.28. The molecule has 114 valence electrons. The van der Waals surface area contributed by atoms with E-state index in [-0.39, 0.29) is 0 Å². The summed E-state index contributed by atoms with van der Waals surface area (Å²) >= 11 is 0. The monoisotopic (exact) mass is 293 g/mol. The van der Waals surface area contributed by atoms with Crippen LogP contribution in [-0.4, -0.2) is 42.8 Å². The number of benzene rings is 1. The summed E-state index contributed by atoms with van der Waals surface area (Å²) < 4.78 is 10.4. The van der Waals surface area contributed by atoms with Crippen molar-refractivity contribution in [3.05, 3.63) is 29.8 Å². The quantitative estimate of drug-likeness (QED) is 0.732. The van der Waals surface area contributed by atoms with Crippen LogP contribution in [0.2, 0.25) is 0 Å². The summed E-state index contributed by atoms with van der Waals surface area (Å²) in [4.78, 5) is 23.3. The largest absolute Gasteiger partial charge is 0.480 e. The number of carbonyl (C=O) groups excluding carboxylic acids is 1. The molecule has 0 aliphatic carbocycles. The van der Waals surface area contributed by atoms with Crippen molar-refractivity contribution in [3.8, 4) is 5.75 Å². The molecular formula is C15H19NO5. The highest BCUT2D eigenvalue weighted by molar-refractivity contribution is 5.87. The molecular weight excluding hydrogens is 274 g/mol. The van der Waals surface area contributed by atoms with Crippen LogP contribution in [0.4, 0.5) is 0 Å². The Morgan fingerprint density at radius 2 is 2.24 bits per heavy atom. The van der Waals surface area contributed by atoms with Crippen LogP contribution >= 0.6 is 0 Å². The Kier molecular flexibility index (Phi) is 5.16. The molecule has 2 atom stereocenters. The minimum absolute atomic E-state index is 0.328. The van der Waals surface area contributed by atoms with Crippen LogP contribution < -0.4 is 10.1 Å². The molecule has 21 heavy (non-hydrogen) atoms. The molecule has 2 rings (SSSR count). The van der Waals surface area contributed by atoms with Crippen molar-refractivity contribution in [2.75, 3.05) is 13.7 Å². The van der Waals surface area contributed by atoms with Gasteiger partial charge >= 0.3 is 5.97 Å². The number of carboxylic acid groups (broad SMARTS) is 1. The molecule has 1 aromatic rings. The van der Waals surface area contributed by atoms with Crippen LogP contribution in [0.1, 0.15) is 18.4 Å². The lowest BCUT2D eigenvalue weighted by molar-refractivity contribution is -0.143. The van der Waals surface area contributed by atoms with E-state index in [1.54, 1.807) is 13.2 Å². The van der Waals surface area contributed by atoms with Crippen LogP contribution in [0, 0.1) is 0 Å². The Hall–Kier alpha value is -2.08. The third-order valence-corrected chi connectivity index (χ3v) is 3.40. The molecule has 1 aliphatic heterocycles. The van der Waals surface area contributed by atoms with Gasteiger partial charge in [0.2, 0.25) is 0 Å². The van der Waals surface area contributed by atoms with Crippen molar-refractivity contribution in [3.63, 3.8) is 0 Å². The van der Waals surface area contributed by atoms with E-state index in [4.69, 9.17) is 14.6 Å². The van der Waals surface area contributed by atoms with Crippen molar-refractivity contribution in [2.24, 2.45) is 0 Å². The van der Waals surface area contributed by atoms with Gasteiger partial charge in [-0.2, -0.15) is 0 Å². The third kappa shape index (κ3) is 3.95. The van der Waals surface area contributed by atoms with E-state index in [9.17, 15) is 9.59 Å². The van der Waals surface area contributed by atoms with Gasteiger partial charge in [-0.05, 0) is 24.5 Å². The van der Waals surface area contributed by atoms with Crippen molar-refractivity contribution >= 4 is 11.9 Å². The molecule has 0 saturated carbocycles. The molecule has 1 amide bonds. The molecule has 6 nitrogen and oxygen atoms in total. The van der Waals surface area contributed by atoms with Gasteiger partial charge in [-0.1, -0.05) is 18.2 Å². The minimum atomic E-state index is -1.05. The van der Waals surface area contributed by atoms with E-state index < -0.39 is 24.0 Å². The van der Waals surface area contributed by atoms with Gasteiger partial charge in [0.1, 0.15) is 11.8 Å². The van der Waals surface area contributed by atoms with Gasteiger partial charge in [0.05, 0.1) is 0 Å². The molecule has 0 radical (unpaired) electrons. The van der Waals surface area contributed by atoms with E-state index in [0.29, 0.717) is 31.6 Å². The summed E-state index contributed by atoms with van der Waals surface area (Å²) in [6, 6.07) is 6.50. The number of ether oxygens (including phenoxy) is 2. The number of para-hydroxylation sites is 1. The second kappa shape index (κ2) is 7.08. The van der Waals surface area contributed by atoms with Crippen LogP contribution in [0.15, 0.2) is 24.3 Å². The minimum Gasteiger partial charge on any atom is -0.480 e. The zero-order valence-electron chi connectivity index (χ0n) is 11.9. The maximum atomic E-state index is 12.1. The van der Waals surface area contributed by atoms with Gasteiger partial charge in [-0.25, -0.2) is 4.79 Å². The number of aliphatic carboxylic acids is 1. The van der Waals surface area contributed by atoms with Crippen LogP contribution in [0.25, 0.3) is 0 Å². The lowest BCUT2D eigenvalue weighted by Gasteiger charge is -2.17. The number of methoxy groups -OCH3 is 1. The number of fused-ring (bicyclic) bond motifs is 1. The Labute approximate surface area is 123 Å². The molecule has 0 spiro atoms. The highest BCUT2D eigenvalue weighted by atomic mass is 16.5. The SMILES string of the molecule is COCCCC(NC(=O)C1Cc2ccccc2O1)C(=O)O. The topological polar surface area (TPSA) is 84.9 Å². The van der Waals surface area contributed by atoms with Crippen molar-refractivity contribution in [1.29, 1.82) is 0 Å². The molecule has 1 aliphatic rings. The number of carbonyl (C=O) groups is 2. The summed E-state index contributed by atoms with van der Waals surface area (Å²) in [5.74, 6) is -0.755. The predicted octanol–water partition coefficient (Wildman–Crippen LogP) is 0.986. The maximum absolute atomic E-state index is 12.1. The fraction of sp³-hybridized carbons (Fsp3) is 0.467. The molecule has 0 saturated heterocycles. The first-order valence-corrected chi connectivity index (χ1v) is 6.88. The first-order valence-electron chi connectivity index (χ1n) is 6.88. The van der Waals surface area contributed by atoms with Crippen molar-refractivity contribution in [1.82, 2.24) is 5.32 Å². The third-order valence-electron chi connectivity index (χ3n) is 3.40. The number of hydrogen-bond donors (Lipinski definition) is 2. The summed E-state index contributed by atoms with van der Waals surface area (Å²) in [6.45, 7) is 0.463. The standard InChI is InChI=1S/C15H19NO5/c1-20-8-4-6-11(15(18)19)16-14(17)13-9-10-5-2-3-7-12(10)21-13/h2-3,5,7,11,13H,4,6,8-9H2,1H3,(H,16,17)(H,18,19). The van der Waals surface area contributed by atoms with Gasteiger partial charge in [-0.15, -0.1) is 0 Å². The number of nitrogens with one attached hydrogen (secondary N) is 1. The zero-order chi connectivity index (χ0) is 15.2. The second-order valence-electron chi connectivity index (χ2n) is 4.95. The number of rotatable bonds is 7. The second-order valence-corrected chi connectivity index (χ2v) is 4.95. The fourth-order valence-corrected chi connectivity index (χ4v) is 2.28. The van der Waals surface area contributed by atoms with E-state index in [1.165, 1.54) is 0 Å². The van der Waals surface area contributed by atoms with Crippen LogP contribution in [0.3, 0.4) is 0 Å². The van der Waals surface area contributed by atoms with E-state index in [1.807, 2.05) is 18.2 Å². The smallest absolute Gasteiger partial charge is 0.326 e. The highest BCUT2D eigenvalue weighted by Gasteiger charge is 2.31. The normalized spacial score (nSPS) is 17.7. The molecule has 6 heteroatoms. The molecule has 0 fully saturated rings. The molecule has 2 N–H and O–H groups in total. The number of hydrogen-bond acceptors (Lipinski definition) is 4. The Balaban J connectivity index is 1.90. The summed E-state index contributed by atoms with van der Waals surface area (Å²) in [6.07, 6.45) is 0.701. The lowest BCUT2D eigenvalue weighted by atomic mass is 10.1. The number of carboxylic acids is 1. The first-order chi connectivity index (χ1) is 10.1. The van der Waals surface area contributed by atoms with Crippen molar-refractivity contribution < 1.29 is 24.2 Å². The molecule has 0 bridgehead atoms. The van der Waals surface area contributed by atoms with Crippen LogP contribution in [0.5, 0.6) is 5.75 Å². The maximum Gasteiger partial charge on any atom is 0.326 e. The van der Waals surface area contributed by atoms with E-state index in [0.717, 1.165) is 5.56 Å². The summed E-state index contributed by atoms with van der Waals surface area (Å²) in [5.41, 5.74) is 0.962. The summed E-state index contributed by atoms with van der Waals surface area (Å²) in [5, 5.41) is 11.7. The average Bonchev–Trinajstić information content (AvgIpc) is 2.90. The molecule has 0 aromatic heterocycles. The van der Waals surface area contributed by atoms with Gasteiger partial charge in [0, 0.05) is 20.1 Å². The molecule has 2 unspecified atom stereocenters. The lowest BCUT2D eigenvalue weighted by Crippen LogP contribution is -2.46. The fourth-order valence-electron chi connectivity index (χ4n) is 2.28. The number of amides is 1. The Morgan fingerprint density at radius 3 is 2.90 bits per heavy atom. The molecule has 1 aromatic carbocycles. The molecule has 1 heterocycles. The Morgan fingerprint density at radius 1 is 1.48 bits per heavy atom. The predicted molar refractivity (Wildman–Crippen MR) is 75.2 cm³/mol. The van der Waals surface area contributed by atoms with Gasteiger partial charge in [-0.3, -0.25) is 4.79 Å². The zero-order valence-corrected chi connectivity index (χ0v) is 11.9. The van der Waals surface area contributed by atoms with Gasteiger partial charge in [0.15, 0.2) is 6.10 Å². The van der Waals surface area contributed by atoms with Gasteiger partial charge in [0.25, 0.3) is 5.91 Å². The van der Waals surface area contributed by atoms with E-state index >= 15 is 0 Å². The van der Waals surface area contributed by atoms with E-state index in [2.05, 4.69) is 5.32 Å².